The zero-order chi connectivity index (χ0) is 10.9. The van der Waals surface area contributed by atoms with Crippen LogP contribution in [0.3, 0.4) is 0 Å². The Labute approximate surface area is 94.1 Å². The summed E-state index contributed by atoms with van der Waals surface area (Å²) < 4.78 is 2.33. The molecule has 15 heavy (non-hydrogen) atoms. The molecule has 0 amide bonds. The molecule has 0 radical (unpaired) electrons. The van der Waals surface area contributed by atoms with Gasteiger partial charge in [0.05, 0.1) is 0 Å². The lowest BCUT2D eigenvalue weighted by Gasteiger charge is -2.00. The van der Waals surface area contributed by atoms with Crippen LogP contribution in [0.5, 0.6) is 0 Å². The Hall–Kier alpha value is -0.850. The summed E-state index contributed by atoms with van der Waals surface area (Å²) in [6.45, 7) is 5.67. The molecule has 0 fully saturated rings. The number of pyridine rings is 1. The summed E-state index contributed by atoms with van der Waals surface area (Å²) in [5.74, 6) is 0. The van der Waals surface area contributed by atoms with E-state index in [1.807, 2.05) is 0 Å². The SMILES string of the molecule is CCCCC[n+]1cccc(CCCC)c1. The number of nitrogens with zero attached hydrogens (tertiary/aromatic N) is 1. The molecule has 0 saturated heterocycles. The van der Waals surface area contributed by atoms with Gasteiger partial charge in [0, 0.05) is 18.1 Å². The molecule has 0 aromatic carbocycles. The zero-order valence-corrected chi connectivity index (χ0v) is 10.2. The maximum Gasteiger partial charge on any atom is 0.171 e. The Bertz CT molecular complexity index is 268. The zero-order valence-electron chi connectivity index (χ0n) is 10.2. The van der Waals surface area contributed by atoms with Crippen molar-refractivity contribution in [2.24, 2.45) is 0 Å². The number of hydrogen-bond donors (Lipinski definition) is 0. The first-order valence-electron chi connectivity index (χ1n) is 6.34. The van der Waals surface area contributed by atoms with E-state index in [1.54, 1.807) is 0 Å². The molecule has 0 saturated carbocycles. The molecule has 0 atom stereocenters. The van der Waals surface area contributed by atoms with Gasteiger partial charge in [0.2, 0.25) is 0 Å². The minimum Gasteiger partial charge on any atom is -0.205 e. The van der Waals surface area contributed by atoms with E-state index >= 15 is 0 Å². The van der Waals surface area contributed by atoms with Gasteiger partial charge in [0.1, 0.15) is 6.54 Å². The smallest absolute Gasteiger partial charge is 0.171 e. The lowest BCUT2D eigenvalue weighted by Crippen LogP contribution is -2.33. The average Bonchev–Trinajstić information content (AvgIpc) is 2.27. The van der Waals surface area contributed by atoms with Crippen molar-refractivity contribution >= 4 is 0 Å². The summed E-state index contributed by atoms with van der Waals surface area (Å²) in [5.41, 5.74) is 1.48. The number of rotatable bonds is 7. The molecule has 1 aromatic heterocycles. The van der Waals surface area contributed by atoms with Gasteiger partial charge in [-0.3, -0.25) is 0 Å². The summed E-state index contributed by atoms with van der Waals surface area (Å²) in [6, 6.07) is 4.42. The highest BCUT2D eigenvalue weighted by Crippen LogP contribution is 2.02. The van der Waals surface area contributed by atoms with Crippen LogP contribution >= 0.6 is 0 Å². The lowest BCUT2D eigenvalue weighted by atomic mass is 10.1. The van der Waals surface area contributed by atoms with Crippen LogP contribution in [0.4, 0.5) is 0 Å². The van der Waals surface area contributed by atoms with Crippen LogP contribution in [0.15, 0.2) is 24.5 Å². The van der Waals surface area contributed by atoms with E-state index in [0.717, 1.165) is 0 Å². The Kier molecular flexibility index (Phi) is 6.06. The minimum absolute atomic E-state index is 1.17. The summed E-state index contributed by atoms with van der Waals surface area (Å²) in [6.07, 6.45) is 12.3. The van der Waals surface area contributed by atoms with Crippen LogP contribution in [0.25, 0.3) is 0 Å². The third-order valence-electron chi connectivity index (χ3n) is 2.76. The van der Waals surface area contributed by atoms with Gasteiger partial charge in [-0.05, 0) is 25.3 Å². The molecule has 1 heterocycles. The van der Waals surface area contributed by atoms with Gasteiger partial charge < -0.3 is 0 Å². The van der Waals surface area contributed by atoms with Crippen LogP contribution in [0.1, 0.15) is 51.5 Å². The quantitative estimate of drug-likeness (QED) is 0.475. The number of hydrogen-bond acceptors (Lipinski definition) is 0. The van der Waals surface area contributed by atoms with Crippen LogP contribution in [-0.4, -0.2) is 0 Å². The third-order valence-corrected chi connectivity index (χ3v) is 2.76. The van der Waals surface area contributed by atoms with Crippen LogP contribution in [-0.2, 0) is 13.0 Å². The second kappa shape index (κ2) is 7.44. The third kappa shape index (κ3) is 4.96. The lowest BCUT2D eigenvalue weighted by molar-refractivity contribution is -0.697. The van der Waals surface area contributed by atoms with Gasteiger partial charge in [0.15, 0.2) is 12.4 Å². The van der Waals surface area contributed by atoms with Gasteiger partial charge in [0.25, 0.3) is 0 Å². The van der Waals surface area contributed by atoms with E-state index in [2.05, 4.69) is 42.9 Å². The molecule has 1 aromatic rings. The molecule has 1 heteroatoms. The van der Waals surface area contributed by atoms with Crippen LogP contribution in [0.2, 0.25) is 0 Å². The summed E-state index contributed by atoms with van der Waals surface area (Å²) in [4.78, 5) is 0. The molecule has 1 nitrogen and oxygen atoms in total. The first-order chi connectivity index (χ1) is 7.36. The predicted octanol–water partition coefficient (Wildman–Crippen LogP) is 3.51. The van der Waals surface area contributed by atoms with Crippen molar-refractivity contribution in [1.82, 2.24) is 0 Å². The average molecular weight is 206 g/mol. The standard InChI is InChI=1S/C14H24N/c1-3-5-7-11-15-12-8-10-14(13-15)9-6-4-2/h8,10,12-13H,3-7,9,11H2,1-2H3/q+1. The normalized spacial score (nSPS) is 10.5. The molecule has 0 aliphatic carbocycles. The fourth-order valence-corrected chi connectivity index (χ4v) is 1.79. The van der Waals surface area contributed by atoms with Crippen molar-refractivity contribution in [2.75, 3.05) is 0 Å². The fourth-order valence-electron chi connectivity index (χ4n) is 1.79. The second-order valence-electron chi connectivity index (χ2n) is 4.26. The van der Waals surface area contributed by atoms with Gasteiger partial charge in [-0.2, -0.15) is 0 Å². The van der Waals surface area contributed by atoms with Crippen LogP contribution in [0, 0.1) is 0 Å². The van der Waals surface area contributed by atoms with E-state index in [-0.39, 0.29) is 0 Å². The number of aromatic nitrogens is 1. The van der Waals surface area contributed by atoms with Crippen molar-refractivity contribution in [3.8, 4) is 0 Å². The molecule has 1 rings (SSSR count). The van der Waals surface area contributed by atoms with Gasteiger partial charge in [-0.1, -0.05) is 26.7 Å². The summed E-state index contributed by atoms with van der Waals surface area (Å²) in [5, 5.41) is 0. The van der Waals surface area contributed by atoms with E-state index in [0.29, 0.717) is 0 Å². The highest BCUT2D eigenvalue weighted by molar-refractivity contribution is 5.05. The predicted molar refractivity (Wildman–Crippen MR) is 64.8 cm³/mol. The van der Waals surface area contributed by atoms with Gasteiger partial charge in [-0.25, -0.2) is 4.57 Å². The van der Waals surface area contributed by atoms with Crippen molar-refractivity contribution in [2.45, 2.75) is 58.9 Å². The molecule has 0 aliphatic rings. The van der Waals surface area contributed by atoms with Gasteiger partial charge >= 0.3 is 0 Å². The Morgan fingerprint density at radius 2 is 1.87 bits per heavy atom. The number of aryl methyl sites for hydroxylation is 2. The molecule has 0 spiro atoms. The van der Waals surface area contributed by atoms with Crippen molar-refractivity contribution in [3.63, 3.8) is 0 Å². The molecular weight excluding hydrogens is 182 g/mol. The van der Waals surface area contributed by atoms with Crippen molar-refractivity contribution < 1.29 is 4.57 Å². The maximum absolute atomic E-state index is 2.33. The van der Waals surface area contributed by atoms with Crippen LogP contribution < -0.4 is 4.57 Å². The Morgan fingerprint density at radius 1 is 1.07 bits per heavy atom. The number of unbranched alkanes of at least 4 members (excludes halogenated alkanes) is 3. The second-order valence-corrected chi connectivity index (χ2v) is 4.26. The first-order valence-corrected chi connectivity index (χ1v) is 6.34. The highest BCUT2D eigenvalue weighted by atomic mass is 14.9. The monoisotopic (exact) mass is 206 g/mol. The summed E-state index contributed by atoms with van der Waals surface area (Å²) >= 11 is 0. The van der Waals surface area contributed by atoms with E-state index < -0.39 is 0 Å². The molecular formula is C14H24N+. The Balaban J connectivity index is 2.42. The maximum atomic E-state index is 2.33. The molecule has 0 N–H and O–H groups in total. The van der Waals surface area contributed by atoms with Crippen molar-refractivity contribution in [3.05, 3.63) is 30.1 Å². The molecule has 0 aliphatic heterocycles. The van der Waals surface area contributed by atoms with E-state index in [1.165, 1.54) is 50.6 Å². The molecule has 0 bridgehead atoms. The minimum atomic E-state index is 1.17. The molecule has 0 unspecified atom stereocenters. The van der Waals surface area contributed by atoms with E-state index in [4.69, 9.17) is 0 Å². The topological polar surface area (TPSA) is 3.88 Å². The highest BCUT2D eigenvalue weighted by Gasteiger charge is 2.01. The first kappa shape index (κ1) is 12.2. The van der Waals surface area contributed by atoms with E-state index in [9.17, 15) is 0 Å². The Morgan fingerprint density at radius 3 is 2.60 bits per heavy atom. The van der Waals surface area contributed by atoms with Crippen molar-refractivity contribution in [1.29, 1.82) is 0 Å². The fraction of sp³-hybridized carbons (Fsp3) is 0.643. The largest absolute Gasteiger partial charge is 0.205 e. The van der Waals surface area contributed by atoms with Gasteiger partial charge in [-0.15, -0.1) is 0 Å². The summed E-state index contributed by atoms with van der Waals surface area (Å²) in [7, 11) is 0. The molecule has 84 valence electrons.